The minimum atomic E-state index is -0.566. The van der Waals surface area contributed by atoms with Gasteiger partial charge in [-0.15, -0.1) is 0 Å². The molecule has 150 valence electrons. The second-order valence-corrected chi connectivity index (χ2v) is 6.94. The van der Waals surface area contributed by atoms with E-state index in [1.807, 2.05) is 23.1 Å². The lowest BCUT2D eigenvalue weighted by Gasteiger charge is -2.25. The van der Waals surface area contributed by atoms with E-state index < -0.39 is 6.03 Å². The summed E-state index contributed by atoms with van der Waals surface area (Å²) in [6, 6.07) is 14.8. The van der Waals surface area contributed by atoms with Gasteiger partial charge in [0.15, 0.2) is 11.5 Å². The Labute approximate surface area is 169 Å². The molecule has 4 rings (SSSR count). The van der Waals surface area contributed by atoms with Gasteiger partial charge in [-0.25, -0.2) is 4.79 Å². The number of urea groups is 1. The van der Waals surface area contributed by atoms with E-state index in [4.69, 9.17) is 9.47 Å². The molecule has 0 unspecified atom stereocenters. The number of rotatable bonds is 4. The summed E-state index contributed by atoms with van der Waals surface area (Å²) in [6.07, 6.45) is 3.02. The summed E-state index contributed by atoms with van der Waals surface area (Å²) in [5, 5.41) is 5.03. The number of hydrogen-bond donors (Lipinski definition) is 2. The van der Waals surface area contributed by atoms with Crippen LogP contribution in [0.5, 0.6) is 11.5 Å². The van der Waals surface area contributed by atoms with E-state index in [0.717, 1.165) is 13.0 Å². The molecule has 2 aromatic rings. The average molecular weight is 393 g/mol. The van der Waals surface area contributed by atoms with Crippen molar-refractivity contribution >= 4 is 23.2 Å². The lowest BCUT2D eigenvalue weighted by atomic mass is 10.00. The molecule has 2 aromatic carbocycles. The molecule has 2 aliphatic heterocycles. The molecular weight excluding hydrogens is 370 g/mol. The molecule has 0 aliphatic carbocycles. The van der Waals surface area contributed by atoms with Crippen molar-refractivity contribution in [3.63, 3.8) is 0 Å². The van der Waals surface area contributed by atoms with Gasteiger partial charge in [0.1, 0.15) is 13.2 Å². The topological polar surface area (TPSA) is 79.9 Å². The number of imide groups is 1. The van der Waals surface area contributed by atoms with E-state index in [0.29, 0.717) is 36.9 Å². The van der Waals surface area contributed by atoms with Gasteiger partial charge in [0.25, 0.3) is 0 Å². The molecule has 0 fully saturated rings. The smallest absolute Gasteiger partial charge is 0.325 e. The second-order valence-electron chi connectivity index (χ2n) is 6.94. The highest BCUT2D eigenvalue weighted by Crippen LogP contribution is 2.32. The van der Waals surface area contributed by atoms with Gasteiger partial charge in [-0.3, -0.25) is 15.0 Å². The van der Waals surface area contributed by atoms with Gasteiger partial charge in [-0.05, 0) is 29.7 Å². The highest BCUT2D eigenvalue weighted by molar-refractivity contribution is 6.01. The largest absolute Gasteiger partial charge is 0.486 e. The van der Waals surface area contributed by atoms with Crippen molar-refractivity contribution in [3.8, 4) is 11.5 Å². The Kier molecular flexibility index (Phi) is 5.76. The molecule has 29 heavy (non-hydrogen) atoms. The van der Waals surface area contributed by atoms with E-state index >= 15 is 0 Å². The molecule has 0 atom stereocenters. The van der Waals surface area contributed by atoms with Crippen LogP contribution in [0, 0.1) is 0 Å². The van der Waals surface area contributed by atoms with E-state index in [9.17, 15) is 9.59 Å². The zero-order chi connectivity index (χ0) is 20.1. The quantitative estimate of drug-likeness (QED) is 0.835. The third-order valence-electron chi connectivity index (χ3n) is 4.86. The van der Waals surface area contributed by atoms with Crippen LogP contribution in [0.1, 0.15) is 12.0 Å². The second kappa shape index (κ2) is 8.79. The number of ether oxygens (including phenoxy) is 2. The molecule has 0 saturated heterocycles. The Morgan fingerprint density at radius 1 is 1.00 bits per heavy atom. The van der Waals surface area contributed by atoms with E-state index in [1.165, 1.54) is 11.1 Å². The Hall–Kier alpha value is -3.32. The molecule has 0 spiro atoms. The van der Waals surface area contributed by atoms with Crippen LogP contribution in [0.15, 0.2) is 54.6 Å². The van der Waals surface area contributed by atoms with Crippen LogP contribution in [0.4, 0.5) is 10.5 Å². The Balaban J connectivity index is 1.26. The monoisotopic (exact) mass is 393 g/mol. The van der Waals surface area contributed by atoms with Crippen LogP contribution < -0.4 is 20.1 Å². The number of anilines is 1. The number of nitrogens with one attached hydrogen (secondary N) is 2. The molecule has 0 aromatic heterocycles. The standard InChI is InChI=1S/C22H23N3O4/c26-21(15-25-10-8-17(9-11-25)16-4-2-1-3-5-16)24-22(27)23-18-6-7-19-20(14-18)29-13-12-28-19/h1-8,14H,9-13,15H2,(H2,23,24,26,27). The number of carbonyl (C=O) groups excluding carboxylic acids is 2. The molecule has 3 amide bonds. The lowest BCUT2D eigenvalue weighted by Crippen LogP contribution is -2.43. The summed E-state index contributed by atoms with van der Waals surface area (Å²) in [6.45, 7) is 2.61. The lowest BCUT2D eigenvalue weighted by molar-refractivity contribution is -0.121. The van der Waals surface area contributed by atoms with Gasteiger partial charge in [-0.2, -0.15) is 0 Å². The van der Waals surface area contributed by atoms with Crippen molar-refractivity contribution in [2.24, 2.45) is 0 Å². The summed E-state index contributed by atoms with van der Waals surface area (Å²) >= 11 is 0. The van der Waals surface area contributed by atoms with Crippen molar-refractivity contribution in [3.05, 3.63) is 60.2 Å². The molecule has 7 heteroatoms. The molecule has 0 bridgehead atoms. The maximum atomic E-state index is 12.2. The fourth-order valence-corrected chi connectivity index (χ4v) is 3.42. The van der Waals surface area contributed by atoms with Crippen molar-refractivity contribution in [2.45, 2.75) is 6.42 Å². The average Bonchev–Trinajstić information content (AvgIpc) is 2.74. The highest BCUT2D eigenvalue weighted by Gasteiger charge is 2.18. The van der Waals surface area contributed by atoms with E-state index in [1.54, 1.807) is 18.2 Å². The summed E-state index contributed by atoms with van der Waals surface area (Å²) in [7, 11) is 0. The number of amides is 3. The van der Waals surface area contributed by atoms with E-state index in [-0.39, 0.29) is 12.5 Å². The maximum absolute atomic E-state index is 12.2. The molecule has 2 aliphatic rings. The first-order chi connectivity index (χ1) is 14.2. The van der Waals surface area contributed by atoms with Crippen LogP contribution in [-0.4, -0.2) is 49.7 Å². The third kappa shape index (κ3) is 4.94. The Morgan fingerprint density at radius 3 is 2.55 bits per heavy atom. The first-order valence-electron chi connectivity index (χ1n) is 9.65. The minimum Gasteiger partial charge on any atom is -0.486 e. The van der Waals surface area contributed by atoms with Crippen LogP contribution in [0.3, 0.4) is 0 Å². The zero-order valence-electron chi connectivity index (χ0n) is 16.0. The summed E-state index contributed by atoms with van der Waals surface area (Å²) in [4.78, 5) is 26.4. The number of benzene rings is 2. The first-order valence-corrected chi connectivity index (χ1v) is 9.65. The predicted molar refractivity (Wildman–Crippen MR) is 110 cm³/mol. The SMILES string of the molecule is O=C(CN1CC=C(c2ccccc2)CC1)NC(=O)Nc1ccc2c(c1)OCCO2. The molecule has 7 nitrogen and oxygen atoms in total. The van der Waals surface area contributed by atoms with Crippen molar-refractivity contribution < 1.29 is 19.1 Å². The summed E-state index contributed by atoms with van der Waals surface area (Å²) < 4.78 is 10.9. The van der Waals surface area contributed by atoms with Gasteiger partial charge >= 0.3 is 6.03 Å². The normalized spacial score (nSPS) is 15.9. The van der Waals surface area contributed by atoms with Gasteiger partial charge in [0, 0.05) is 24.8 Å². The number of hydrogen-bond acceptors (Lipinski definition) is 5. The fraction of sp³-hybridized carbons (Fsp3) is 0.273. The summed E-state index contributed by atoms with van der Waals surface area (Å²) in [5.41, 5.74) is 3.04. The van der Waals surface area contributed by atoms with Crippen LogP contribution in [0.25, 0.3) is 5.57 Å². The van der Waals surface area contributed by atoms with Gasteiger partial charge in [0.2, 0.25) is 5.91 Å². The van der Waals surface area contributed by atoms with Gasteiger partial charge in [0.05, 0.1) is 6.54 Å². The van der Waals surface area contributed by atoms with Crippen molar-refractivity contribution in [1.82, 2.24) is 10.2 Å². The number of fused-ring (bicyclic) bond motifs is 1. The van der Waals surface area contributed by atoms with Gasteiger partial charge in [-0.1, -0.05) is 36.4 Å². The molecular formula is C22H23N3O4. The summed E-state index contributed by atoms with van der Waals surface area (Å²) in [5.74, 6) is 0.887. The predicted octanol–water partition coefficient (Wildman–Crippen LogP) is 2.90. The minimum absolute atomic E-state index is 0.174. The Bertz CT molecular complexity index is 927. The molecule has 2 heterocycles. The van der Waals surface area contributed by atoms with Gasteiger partial charge < -0.3 is 14.8 Å². The highest BCUT2D eigenvalue weighted by atomic mass is 16.6. The third-order valence-corrected chi connectivity index (χ3v) is 4.86. The first kappa shape index (κ1) is 19.0. The van der Waals surface area contributed by atoms with Crippen LogP contribution >= 0.6 is 0 Å². The zero-order valence-corrected chi connectivity index (χ0v) is 16.0. The Morgan fingerprint density at radius 2 is 1.79 bits per heavy atom. The number of nitrogens with zero attached hydrogens (tertiary/aromatic N) is 1. The van der Waals surface area contributed by atoms with E-state index in [2.05, 4.69) is 28.8 Å². The van der Waals surface area contributed by atoms with Crippen LogP contribution in [-0.2, 0) is 4.79 Å². The molecule has 0 saturated carbocycles. The molecule has 0 radical (unpaired) electrons. The maximum Gasteiger partial charge on any atom is 0.325 e. The molecule has 2 N–H and O–H groups in total. The van der Waals surface area contributed by atoms with Crippen molar-refractivity contribution in [2.75, 3.05) is 38.2 Å². The number of carbonyl (C=O) groups is 2. The van der Waals surface area contributed by atoms with Crippen LogP contribution in [0.2, 0.25) is 0 Å². The fourth-order valence-electron chi connectivity index (χ4n) is 3.42. The van der Waals surface area contributed by atoms with Crippen molar-refractivity contribution in [1.29, 1.82) is 0 Å².